The van der Waals surface area contributed by atoms with Crippen molar-refractivity contribution in [3.8, 4) is 0 Å². The van der Waals surface area contributed by atoms with Gasteiger partial charge >= 0.3 is 6.09 Å². The summed E-state index contributed by atoms with van der Waals surface area (Å²) in [5.41, 5.74) is 6.42. The summed E-state index contributed by atoms with van der Waals surface area (Å²) in [6, 6.07) is 14.1. The zero-order valence-corrected chi connectivity index (χ0v) is 33.0. The molecule has 0 aliphatic carbocycles. The summed E-state index contributed by atoms with van der Waals surface area (Å²) in [7, 11) is -6.36. The van der Waals surface area contributed by atoms with Crippen LogP contribution in [0.2, 0.25) is 10.0 Å². The predicted octanol–water partition coefficient (Wildman–Crippen LogP) is 3.62. The van der Waals surface area contributed by atoms with Crippen LogP contribution < -0.4 is 30.9 Å². The average Bonchev–Trinajstić information content (AvgIpc) is 3.07. The van der Waals surface area contributed by atoms with Crippen LogP contribution in [-0.2, 0) is 36.1 Å². The van der Waals surface area contributed by atoms with Crippen LogP contribution in [0.3, 0.4) is 0 Å². The molecule has 0 radical (unpaired) electrons. The van der Waals surface area contributed by atoms with Crippen molar-refractivity contribution >= 4 is 78.2 Å². The molecular formula is C34H43Cl2N7O8S2. The van der Waals surface area contributed by atoms with E-state index in [0.717, 1.165) is 16.2 Å². The molecule has 19 heteroatoms. The molecule has 5 N–H and O–H groups in total. The zero-order chi connectivity index (χ0) is 39.3. The first-order chi connectivity index (χ1) is 24.7. The topological polar surface area (TPSA) is 201 Å². The summed E-state index contributed by atoms with van der Waals surface area (Å²) in [5, 5.41) is 8.72. The van der Waals surface area contributed by atoms with Gasteiger partial charge in [-0.3, -0.25) is 13.9 Å². The Morgan fingerprint density at radius 2 is 1.53 bits per heavy atom. The standard InChI is InChI=1S/C34H43Cl2N7O8S2/c1-34(2,3)51-33(46)40-29(20-37)32(45)38-21-22-6-11-30(41(4)52(5,47)48)28(16-22)31(44)39-25-7-9-27(10-8-25)53(49,50)43-14-12-42(13-15-43)26-18-23(35)17-24(36)19-26/h6-11,16-19,29H,12-15,20-21,37H2,1-5H3,(H,38,45)(H,39,44)(H,40,46)/t29-/m0/s1. The van der Waals surface area contributed by atoms with Gasteiger partial charge < -0.3 is 31.3 Å². The number of hydrogen-bond donors (Lipinski definition) is 4. The van der Waals surface area contributed by atoms with Crippen molar-refractivity contribution in [2.24, 2.45) is 5.73 Å². The van der Waals surface area contributed by atoms with Crippen molar-refractivity contribution in [2.45, 2.75) is 43.9 Å². The molecule has 3 aromatic carbocycles. The van der Waals surface area contributed by atoms with Gasteiger partial charge in [0.1, 0.15) is 11.6 Å². The van der Waals surface area contributed by atoms with Crippen molar-refractivity contribution < 1.29 is 36.0 Å². The molecule has 4 rings (SSSR count). The van der Waals surface area contributed by atoms with Gasteiger partial charge in [0.25, 0.3) is 5.91 Å². The van der Waals surface area contributed by atoms with Crippen LogP contribution in [0.1, 0.15) is 36.7 Å². The molecule has 53 heavy (non-hydrogen) atoms. The van der Waals surface area contributed by atoms with Gasteiger partial charge in [0.2, 0.25) is 26.0 Å². The Balaban J connectivity index is 1.46. The molecule has 0 aromatic heterocycles. The van der Waals surface area contributed by atoms with Gasteiger partial charge in [0, 0.05) is 67.7 Å². The van der Waals surface area contributed by atoms with Gasteiger partial charge in [-0.25, -0.2) is 21.6 Å². The fourth-order valence-corrected chi connectivity index (χ4v) is 7.74. The van der Waals surface area contributed by atoms with E-state index in [1.807, 2.05) is 4.90 Å². The highest BCUT2D eigenvalue weighted by Crippen LogP contribution is 2.29. The van der Waals surface area contributed by atoms with Gasteiger partial charge in [0.05, 0.1) is 22.4 Å². The molecule has 1 aliphatic heterocycles. The molecule has 0 bridgehead atoms. The maximum atomic E-state index is 13.6. The first kappa shape index (κ1) is 41.6. The van der Waals surface area contributed by atoms with Crippen molar-refractivity contribution in [1.82, 2.24) is 14.9 Å². The fraction of sp³-hybridized carbons (Fsp3) is 0.382. The Hall–Kier alpha value is -4.13. The summed E-state index contributed by atoms with van der Waals surface area (Å²) in [6.07, 6.45) is 0.166. The summed E-state index contributed by atoms with van der Waals surface area (Å²) in [4.78, 5) is 40.6. The van der Waals surface area contributed by atoms with E-state index in [1.165, 1.54) is 53.8 Å². The monoisotopic (exact) mass is 811 g/mol. The van der Waals surface area contributed by atoms with Crippen LogP contribution in [0.4, 0.5) is 21.9 Å². The first-order valence-electron chi connectivity index (χ1n) is 16.3. The summed E-state index contributed by atoms with van der Waals surface area (Å²) in [6.45, 7) is 6.02. The fourth-order valence-electron chi connectivity index (χ4n) is 5.29. The van der Waals surface area contributed by atoms with E-state index in [4.69, 9.17) is 33.7 Å². The number of amides is 3. The lowest BCUT2D eigenvalue weighted by molar-refractivity contribution is -0.123. The van der Waals surface area contributed by atoms with Crippen LogP contribution in [0.25, 0.3) is 0 Å². The molecule has 288 valence electrons. The molecule has 0 saturated carbocycles. The van der Waals surface area contributed by atoms with Crippen LogP contribution in [-0.4, -0.2) is 96.7 Å². The summed E-state index contributed by atoms with van der Waals surface area (Å²) < 4.78 is 59.3. The van der Waals surface area contributed by atoms with Crippen LogP contribution in [0.5, 0.6) is 0 Å². The molecule has 1 aliphatic rings. The minimum Gasteiger partial charge on any atom is -0.444 e. The van der Waals surface area contributed by atoms with E-state index < -0.39 is 49.6 Å². The zero-order valence-electron chi connectivity index (χ0n) is 29.9. The Morgan fingerprint density at radius 1 is 0.925 bits per heavy atom. The van der Waals surface area contributed by atoms with E-state index in [0.29, 0.717) is 28.7 Å². The van der Waals surface area contributed by atoms with E-state index in [2.05, 4.69) is 16.0 Å². The molecule has 3 aromatic rings. The molecule has 1 saturated heterocycles. The normalized spacial score (nSPS) is 14.6. The molecule has 1 fully saturated rings. The number of anilines is 3. The van der Waals surface area contributed by atoms with Gasteiger partial charge in [0.15, 0.2) is 0 Å². The molecule has 15 nitrogen and oxygen atoms in total. The smallest absolute Gasteiger partial charge is 0.408 e. The maximum absolute atomic E-state index is 13.6. The highest BCUT2D eigenvalue weighted by molar-refractivity contribution is 7.92. The van der Waals surface area contributed by atoms with Crippen molar-refractivity contribution in [3.63, 3.8) is 0 Å². The third-order valence-corrected chi connectivity index (χ3v) is 11.6. The van der Waals surface area contributed by atoms with E-state index in [9.17, 15) is 31.2 Å². The third kappa shape index (κ3) is 11.2. The third-order valence-electron chi connectivity index (χ3n) is 8.05. The minimum absolute atomic E-state index is 0.0296. The number of nitrogens with zero attached hydrogens (tertiary/aromatic N) is 3. The lowest BCUT2D eigenvalue weighted by Crippen LogP contribution is -2.51. The van der Waals surface area contributed by atoms with Gasteiger partial charge in [-0.2, -0.15) is 4.31 Å². The van der Waals surface area contributed by atoms with Gasteiger partial charge in [-0.05, 0) is 80.9 Å². The first-order valence-corrected chi connectivity index (χ1v) is 20.4. The quantitative estimate of drug-likeness (QED) is 0.210. The van der Waals surface area contributed by atoms with Crippen molar-refractivity contribution in [1.29, 1.82) is 0 Å². The molecule has 1 heterocycles. The van der Waals surface area contributed by atoms with E-state index in [1.54, 1.807) is 39.0 Å². The molecular weight excluding hydrogens is 769 g/mol. The van der Waals surface area contributed by atoms with Crippen molar-refractivity contribution in [2.75, 3.05) is 60.5 Å². The van der Waals surface area contributed by atoms with Gasteiger partial charge in [-0.1, -0.05) is 29.3 Å². The Labute approximate surface area is 319 Å². The van der Waals surface area contributed by atoms with Crippen LogP contribution >= 0.6 is 23.2 Å². The van der Waals surface area contributed by atoms with Crippen LogP contribution in [0, 0.1) is 0 Å². The maximum Gasteiger partial charge on any atom is 0.408 e. The SMILES string of the molecule is CN(c1ccc(CNC(=O)[C@H](CN)NC(=O)OC(C)(C)C)cc1C(=O)Nc1ccc(S(=O)(=O)N2CCN(c3cc(Cl)cc(Cl)c3)CC2)cc1)S(C)(=O)=O. The van der Waals surface area contributed by atoms with Gasteiger partial charge in [-0.15, -0.1) is 0 Å². The second-order valence-electron chi connectivity index (χ2n) is 13.2. The minimum atomic E-state index is -3.86. The Morgan fingerprint density at radius 3 is 2.08 bits per heavy atom. The Kier molecular flexibility index (Phi) is 13.3. The number of nitrogens with one attached hydrogen (secondary N) is 3. The lowest BCUT2D eigenvalue weighted by Gasteiger charge is -2.35. The summed E-state index contributed by atoms with van der Waals surface area (Å²) >= 11 is 12.3. The van der Waals surface area contributed by atoms with Crippen LogP contribution in [0.15, 0.2) is 65.6 Å². The molecule has 3 amide bonds. The number of benzene rings is 3. The number of sulfonamides is 2. The predicted molar refractivity (Wildman–Crippen MR) is 206 cm³/mol. The largest absolute Gasteiger partial charge is 0.444 e. The van der Waals surface area contributed by atoms with E-state index >= 15 is 0 Å². The molecule has 1 atom stereocenters. The summed E-state index contributed by atoms with van der Waals surface area (Å²) in [5.74, 6) is -1.30. The number of carbonyl (C=O) groups excluding carboxylic acids is 3. The highest BCUT2D eigenvalue weighted by Gasteiger charge is 2.29. The second-order valence-corrected chi connectivity index (χ2v) is 18.1. The lowest BCUT2D eigenvalue weighted by atomic mass is 10.1. The number of nitrogens with two attached hydrogens (primary N) is 1. The number of carbonyl (C=O) groups is 3. The number of alkyl carbamates (subject to hydrolysis) is 1. The molecule has 0 spiro atoms. The number of ether oxygens (including phenoxy) is 1. The second kappa shape index (κ2) is 16.9. The number of rotatable bonds is 12. The number of halogens is 2. The highest BCUT2D eigenvalue weighted by atomic mass is 35.5. The van der Waals surface area contributed by atoms with Crippen molar-refractivity contribution in [3.05, 3.63) is 81.8 Å². The Bertz CT molecular complexity index is 2030. The average molecular weight is 813 g/mol. The number of piperazine rings is 1. The molecule has 0 unspecified atom stereocenters. The number of hydrogen-bond acceptors (Lipinski definition) is 10. The van der Waals surface area contributed by atoms with E-state index in [-0.39, 0.29) is 48.0 Å².